The molecule has 0 spiro atoms. The van der Waals surface area contributed by atoms with Gasteiger partial charge in [0.2, 0.25) is 0 Å². The van der Waals surface area contributed by atoms with Gasteiger partial charge in [-0.1, -0.05) is 12.1 Å². The van der Waals surface area contributed by atoms with Crippen molar-refractivity contribution in [3.05, 3.63) is 29.8 Å². The van der Waals surface area contributed by atoms with E-state index in [-0.39, 0.29) is 35.6 Å². The molecule has 1 atom stereocenters. The molecule has 1 unspecified atom stereocenters. The van der Waals surface area contributed by atoms with Crippen LogP contribution in [0.1, 0.15) is 32.4 Å². The van der Waals surface area contributed by atoms with E-state index in [1.54, 1.807) is 14.2 Å². The molecule has 0 radical (unpaired) electrons. The van der Waals surface area contributed by atoms with Crippen LogP contribution in [0.2, 0.25) is 0 Å². The van der Waals surface area contributed by atoms with E-state index in [0.717, 1.165) is 44.6 Å². The summed E-state index contributed by atoms with van der Waals surface area (Å²) >= 11 is 0. The van der Waals surface area contributed by atoms with Gasteiger partial charge in [0.15, 0.2) is 5.96 Å². The fourth-order valence-electron chi connectivity index (χ4n) is 2.90. The maximum atomic E-state index is 5.52. The van der Waals surface area contributed by atoms with E-state index in [2.05, 4.69) is 53.4 Å². The number of rotatable bonds is 5. The molecule has 0 aromatic heterocycles. The first-order valence-electron chi connectivity index (χ1n) is 8.87. The number of hydrogen-bond donors (Lipinski definition) is 2. The fraction of sp³-hybridized carbons (Fsp3) is 0.632. The highest BCUT2D eigenvalue weighted by atomic mass is 127. The summed E-state index contributed by atoms with van der Waals surface area (Å²) in [5.41, 5.74) is 1.23. The number of ether oxygens (including phenoxy) is 2. The van der Waals surface area contributed by atoms with E-state index >= 15 is 0 Å². The first-order valence-corrected chi connectivity index (χ1v) is 8.87. The number of methoxy groups -OCH3 is 1. The van der Waals surface area contributed by atoms with Gasteiger partial charge in [-0.3, -0.25) is 9.89 Å². The number of nitrogens with zero attached hydrogens (tertiary/aromatic N) is 2. The lowest BCUT2D eigenvalue weighted by atomic mass is 10.0. The molecule has 1 aliphatic rings. The smallest absolute Gasteiger partial charge is 0.191 e. The molecule has 1 aromatic carbocycles. The Morgan fingerprint density at radius 3 is 2.35 bits per heavy atom. The largest absolute Gasteiger partial charge is 0.497 e. The van der Waals surface area contributed by atoms with Gasteiger partial charge in [0.25, 0.3) is 0 Å². The van der Waals surface area contributed by atoms with Gasteiger partial charge in [-0.2, -0.15) is 0 Å². The highest BCUT2D eigenvalue weighted by Gasteiger charge is 2.23. The van der Waals surface area contributed by atoms with Gasteiger partial charge in [0.1, 0.15) is 5.75 Å². The molecule has 7 heteroatoms. The molecule has 148 valence electrons. The lowest BCUT2D eigenvalue weighted by Crippen LogP contribution is -2.50. The normalized spacial score (nSPS) is 17.2. The molecule has 2 N–H and O–H groups in total. The minimum absolute atomic E-state index is 0. The monoisotopic (exact) mass is 476 g/mol. The van der Waals surface area contributed by atoms with Crippen molar-refractivity contribution in [1.82, 2.24) is 15.5 Å². The molecule has 0 saturated carbocycles. The summed E-state index contributed by atoms with van der Waals surface area (Å²) in [7, 11) is 3.50. The third-order valence-corrected chi connectivity index (χ3v) is 4.17. The van der Waals surface area contributed by atoms with Crippen LogP contribution >= 0.6 is 24.0 Å². The topological polar surface area (TPSA) is 58.1 Å². The van der Waals surface area contributed by atoms with E-state index in [1.165, 1.54) is 5.56 Å². The molecule has 1 saturated heterocycles. The SMILES string of the molecule is CN=C(NCC(c1ccc(OC)cc1)N1CCOCC1)NC(C)(C)C.I. The van der Waals surface area contributed by atoms with Crippen molar-refractivity contribution in [1.29, 1.82) is 0 Å². The number of hydrogen-bond acceptors (Lipinski definition) is 4. The standard InChI is InChI=1S/C19H32N4O2.HI/c1-19(2,3)22-18(20-4)21-14-17(23-10-12-25-13-11-23)15-6-8-16(24-5)9-7-15;/h6-9,17H,10-14H2,1-5H3,(H2,20,21,22);1H. The summed E-state index contributed by atoms with van der Waals surface area (Å²) < 4.78 is 10.8. The average Bonchev–Trinajstić information content (AvgIpc) is 2.61. The first-order chi connectivity index (χ1) is 11.9. The van der Waals surface area contributed by atoms with Crippen molar-refractivity contribution < 1.29 is 9.47 Å². The minimum atomic E-state index is -0.0313. The molecule has 1 aromatic rings. The van der Waals surface area contributed by atoms with Gasteiger partial charge in [-0.15, -0.1) is 24.0 Å². The van der Waals surface area contributed by atoms with Gasteiger partial charge < -0.3 is 20.1 Å². The number of guanidine groups is 1. The van der Waals surface area contributed by atoms with Gasteiger partial charge in [-0.05, 0) is 38.5 Å². The Balaban J connectivity index is 0.00000338. The zero-order chi connectivity index (χ0) is 18.3. The van der Waals surface area contributed by atoms with Crippen LogP contribution in [0, 0.1) is 0 Å². The molecule has 1 fully saturated rings. The molecular weight excluding hydrogens is 443 g/mol. The molecule has 0 aliphatic carbocycles. The van der Waals surface area contributed by atoms with E-state index in [0.29, 0.717) is 0 Å². The predicted octanol–water partition coefficient (Wildman–Crippen LogP) is 2.65. The summed E-state index contributed by atoms with van der Waals surface area (Å²) in [5.74, 6) is 1.70. The van der Waals surface area contributed by atoms with Crippen molar-refractivity contribution in [3.63, 3.8) is 0 Å². The molecular formula is C19H33IN4O2. The number of nitrogens with one attached hydrogen (secondary N) is 2. The maximum absolute atomic E-state index is 5.52. The summed E-state index contributed by atoms with van der Waals surface area (Å²) in [6.07, 6.45) is 0. The third-order valence-electron chi connectivity index (χ3n) is 4.17. The average molecular weight is 476 g/mol. The molecule has 1 heterocycles. The molecule has 2 rings (SSSR count). The van der Waals surface area contributed by atoms with Crippen LogP contribution < -0.4 is 15.4 Å². The maximum Gasteiger partial charge on any atom is 0.191 e. The van der Waals surface area contributed by atoms with Crippen molar-refractivity contribution in [2.45, 2.75) is 32.4 Å². The molecule has 0 bridgehead atoms. The van der Waals surface area contributed by atoms with E-state index in [1.807, 2.05) is 12.1 Å². The van der Waals surface area contributed by atoms with E-state index in [4.69, 9.17) is 9.47 Å². The number of aliphatic imine (C=N–C) groups is 1. The Kier molecular flexibility index (Phi) is 9.67. The molecule has 26 heavy (non-hydrogen) atoms. The number of benzene rings is 1. The van der Waals surface area contributed by atoms with Crippen LogP contribution in [0.15, 0.2) is 29.3 Å². The Morgan fingerprint density at radius 2 is 1.85 bits per heavy atom. The molecule has 6 nitrogen and oxygen atoms in total. The number of halogens is 1. The summed E-state index contributed by atoms with van der Waals surface area (Å²) in [4.78, 5) is 6.80. The Bertz CT molecular complexity index is 552. The first kappa shape index (κ1) is 23.0. The Labute approximate surface area is 174 Å². The molecule has 1 aliphatic heterocycles. The second-order valence-corrected chi connectivity index (χ2v) is 7.27. The summed E-state index contributed by atoms with van der Waals surface area (Å²) in [6.45, 7) is 10.6. The van der Waals surface area contributed by atoms with E-state index < -0.39 is 0 Å². The van der Waals surface area contributed by atoms with Crippen molar-refractivity contribution >= 4 is 29.9 Å². The Morgan fingerprint density at radius 1 is 1.23 bits per heavy atom. The van der Waals surface area contributed by atoms with E-state index in [9.17, 15) is 0 Å². The van der Waals surface area contributed by atoms with Crippen LogP contribution in [0.3, 0.4) is 0 Å². The van der Waals surface area contributed by atoms with Crippen LogP contribution in [-0.2, 0) is 4.74 Å². The summed E-state index contributed by atoms with van der Waals surface area (Å²) in [6, 6.07) is 8.57. The third kappa shape index (κ3) is 7.28. The quantitative estimate of drug-likeness (QED) is 0.389. The second-order valence-electron chi connectivity index (χ2n) is 7.27. The Hall–Kier alpha value is -1.06. The van der Waals surface area contributed by atoms with Crippen molar-refractivity contribution in [2.24, 2.45) is 4.99 Å². The highest BCUT2D eigenvalue weighted by Crippen LogP contribution is 2.23. The van der Waals surface area contributed by atoms with Gasteiger partial charge in [0, 0.05) is 32.2 Å². The van der Waals surface area contributed by atoms with Crippen LogP contribution in [-0.4, -0.2) is 63.4 Å². The molecule has 0 amide bonds. The van der Waals surface area contributed by atoms with Crippen LogP contribution in [0.25, 0.3) is 0 Å². The number of morpholine rings is 1. The minimum Gasteiger partial charge on any atom is -0.497 e. The predicted molar refractivity (Wildman–Crippen MR) is 118 cm³/mol. The van der Waals surface area contributed by atoms with Gasteiger partial charge in [0.05, 0.1) is 26.4 Å². The lowest BCUT2D eigenvalue weighted by molar-refractivity contribution is 0.0169. The van der Waals surface area contributed by atoms with Crippen LogP contribution in [0.4, 0.5) is 0 Å². The highest BCUT2D eigenvalue weighted by molar-refractivity contribution is 14.0. The van der Waals surface area contributed by atoms with Gasteiger partial charge >= 0.3 is 0 Å². The van der Waals surface area contributed by atoms with Crippen molar-refractivity contribution in [3.8, 4) is 5.75 Å². The lowest BCUT2D eigenvalue weighted by Gasteiger charge is -2.35. The van der Waals surface area contributed by atoms with Crippen molar-refractivity contribution in [2.75, 3.05) is 47.0 Å². The summed E-state index contributed by atoms with van der Waals surface area (Å²) in [5, 5.41) is 6.89. The zero-order valence-corrected chi connectivity index (χ0v) is 18.9. The van der Waals surface area contributed by atoms with Crippen LogP contribution in [0.5, 0.6) is 5.75 Å². The second kappa shape index (κ2) is 10.9. The zero-order valence-electron chi connectivity index (χ0n) is 16.5. The fourth-order valence-corrected chi connectivity index (χ4v) is 2.90. The van der Waals surface area contributed by atoms with Gasteiger partial charge in [-0.25, -0.2) is 0 Å².